The quantitative estimate of drug-likeness (QED) is 0.200. The Bertz CT molecular complexity index is 1460. The number of sulfonamides is 1. The van der Waals surface area contributed by atoms with Crippen LogP contribution in [0.4, 0.5) is 38.0 Å². The van der Waals surface area contributed by atoms with Gasteiger partial charge in [-0.3, -0.25) is 4.72 Å². The van der Waals surface area contributed by atoms with E-state index in [1.165, 1.54) is 6.07 Å². The Labute approximate surface area is 215 Å². The molecule has 0 bridgehead atoms. The fourth-order valence-electron chi connectivity index (χ4n) is 3.48. The number of hydrogen-bond donors (Lipinski definition) is 5. The standard InChI is InChI=1S/C27H25N5O4S/c33-26(28-21-13-6-2-7-14-21)30-23-17-10-18-24(32-37(35,36)19-20-11-4-1-5-12-20)25(23)31-27(34)29-22-15-8-3-9-16-22/h1-18,32H,19H2,(H2,28,30,33)(H2,29,31,34). The highest BCUT2D eigenvalue weighted by atomic mass is 32.2. The zero-order chi connectivity index (χ0) is 26.1. The van der Waals surface area contributed by atoms with E-state index >= 15 is 0 Å². The van der Waals surface area contributed by atoms with Gasteiger partial charge in [-0.1, -0.05) is 72.8 Å². The number of nitrogens with one attached hydrogen (secondary N) is 5. The van der Waals surface area contributed by atoms with E-state index in [1.54, 1.807) is 91.0 Å². The van der Waals surface area contributed by atoms with Gasteiger partial charge >= 0.3 is 12.1 Å². The molecule has 10 heteroatoms. The predicted molar refractivity (Wildman–Crippen MR) is 147 cm³/mol. The zero-order valence-corrected chi connectivity index (χ0v) is 20.5. The Kier molecular flexibility index (Phi) is 8.01. The second-order valence-electron chi connectivity index (χ2n) is 7.97. The van der Waals surface area contributed by atoms with E-state index in [4.69, 9.17) is 0 Å². The number of anilines is 5. The van der Waals surface area contributed by atoms with Gasteiger partial charge in [0.15, 0.2) is 0 Å². The second kappa shape index (κ2) is 11.7. The van der Waals surface area contributed by atoms with E-state index in [0.29, 0.717) is 16.9 Å². The minimum absolute atomic E-state index is 0.0794. The first-order valence-electron chi connectivity index (χ1n) is 11.3. The molecular weight excluding hydrogens is 490 g/mol. The Hall–Kier alpha value is -4.83. The molecule has 0 heterocycles. The summed E-state index contributed by atoms with van der Waals surface area (Å²) in [6.07, 6.45) is 0. The van der Waals surface area contributed by atoms with Crippen molar-refractivity contribution in [3.63, 3.8) is 0 Å². The summed E-state index contributed by atoms with van der Waals surface area (Å²) < 4.78 is 28.4. The van der Waals surface area contributed by atoms with Crippen LogP contribution in [0.3, 0.4) is 0 Å². The molecule has 0 aliphatic carbocycles. The van der Waals surface area contributed by atoms with Crippen molar-refractivity contribution >= 4 is 50.5 Å². The lowest BCUT2D eigenvalue weighted by Gasteiger charge is -2.18. The topological polar surface area (TPSA) is 128 Å². The molecule has 4 aromatic rings. The molecule has 0 spiro atoms. The molecule has 4 amide bonds. The van der Waals surface area contributed by atoms with Crippen molar-refractivity contribution in [1.82, 2.24) is 0 Å². The van der Waals surface area contributed by atoms with Gasteiger partial charge in [-0.05, 0) is 42.0 Å². The van der Waals surface area contributed by atoms with Gasteiger partial charge in [0.2, 0.25) is 10.0 Å². The first-order valence-corrected chi connectivity index (χ1v) is 13.0. The smallest absolute Gasteiger partial charge is 0.308 e. The molecular formula is C27H25N5O4S. The molecule has 0 saturated carbocycles. The number of carbonyl (C=O) groups is 2. The van der Waals surface area contributed by atoms with Crippen LogP contribution in [0, 0.1) is 0 Å². The summed E-state index contributed by atoms with van der Waals surface area (Å²) in [5.41, 5.74) is 2.07. The van der Waals surface area contributed by atoms with Crippen molar-refractivity contribution in [1.29, 1.82) is 0 Å². The van der Waals surface area contributed by atoms with Crippen molar-refractivity contribution < 1.29 is 18.0 Å². The maximum absolute atomic E-state index is 12.9. The molecule has 9 nitrogen and oxygen atoms in total. The van der Waals surface area contributed by atoms with Gasteiger partial charge in [0.05, 0.1) is 22.8 Å². The summed E-state index contributed by atoms with van der Waals surface area (Å²) >= 11 is 0. The Morgan fingerprint density at radius 3 is 1.59 bits per heavy atom. The number of benzene rings is 4. The van der Waals surface area contributed by atoms with Crippen LogP contribution >= 0.6 is 0 Å². The van der Waals surface area contributed by atoms with Crippen molar-refractivity contribution in [2.75, 3.05) is 26.0 Å². The van der Waals surface area contributed by atoms with Crippen LogP contribution in [-0.2, 0) is 15.8 Å². The molecule has 0 radical (unpaired) electrons. The zero-order valence-electron chi connectivity index (χ0n) is 19.6. The molecule has 0 atom stereocenters. The van der Waals surface area contributed by atoms with Crippen LogP contribution in [-0.4, -0.2) is 20.5 Å². The van der Waals surface area contributed by atoms with Gasteiger partial charge in [-0.15, -0.1) is 0 Å². The van der Waals surface area contributed by atoms with Crippen LogP contribution in [0.25, 0.3) is 0 Å². The highest BCUT2D eigenvalue weighted by Crippen LogP contribution is 2.32. The average molecular weight is 516 g/mol. The van der Waals surface area contributed by atoms with Crippen molar-refractivity contribution in [2.45, 2.75) is 5.75 Å². The van der Waals surface area contributed by atoms with Crippen molar-refractivity contribution in [3.05, 3.63) is 115 Å². The first kappa shape index (κ1) is 25.3. The minimum atomic E-state index is -3.85. The van der Waals surface area contributed by atoms with Crippen LogP contribution in [0.1, 0.15) is 5.56 Å². The molecule has 37 heavy (non-hydrogen) atoms. The van der Waals surface area contributed by atoms with Crippen molar-refractivity contribution in [2.24, 2.45) is 0 Å². The third kappa shape index (κ3) is 7.58. The highest BCUT2D eigenvalue weighted by Gasteiger charge is 2.19. The average Bonchev–Trinajstić information content (AvgIpc) is 2.87. The fraction of sp³-hybridized carbons (Fsp3) is 0.0370. The molecule has 5 N–H and O–H groups in total. The molecule has 0 fully saturated rings. The lowest BCUT2D eigenvalue weighted by molar-refractivity contribution is 0.261. The SMILES string of the molecule is O=C(Nc1ccccc1)Nc1cccc(NS(=O)(=O)Cc2ccccc2)c1NC(=O)Nc1ccccc1. The van der Waals surface area contributed by atoms with Crippen LogP contribution < -0.4 is 26.0 Å². The maximum atomic E-state index is 12.9. The summed E-state index contributed by atoms with van der Waals surface area (Å²) in [4.78, 5) is 25.5. The van der Waals surface area contributed by atoms with E-state index in [1.807, 2.05) is 12.1 Å². The number of urea groups is 2. The Morgan fingerprint density at radius 1 is 0.541 bits per heavy atom. The van der Waals surface area contributed by atoms with Crippen LogP contribution in [0.2, 0.25) is 0 Å². The summed E-state index contributed by atoms with van der Waals surface area (Å²) in [6.45, 7) is 0. The van der Waals surface area contributed by atoms with Gasteiger partial charge in [-0.25, -0.2) is 18.0 Å². The number of hydrogen-bond acceptors (Lipinski definition) is 4. The van der Waals surface area contributed by atoms with E-state index in [2.05, 4.69) is 26.0 Å². The molecule has 0 aliphatic heterocycles. The Balaban J connectivity index is 1.59. The van der Waals surface area contributed by atoms with Gasteiger partial charge in [0.25, 0.3) is 0 Å². The lowest BCUT2D eigenvalue weighted by Crippen LogP contribution is -2.25. The summed E-state index contributed by atoms with van der Waals surface area (Å²) in [5.74, 6) is -0.268. The molecule has 4 aromatic carbocycles. The van der Waals surface area contributed by atoms with E-state index < -0.39 is 22.1 Å². The third-order valence-corrected chi connectivity index (χ3v) is 6.32. The molecule has 0 aromatic heterocycles. The summed E-state index contributed by atoms with van der Waals surface area (Å²) in [7, 11) is -3.85. The van der Waals surface area contributed by atoms with E-state index in [-0.39, 0.29) is 22.8 Å². The fourth-order valence-corrected chi connectivity index (χ4v) is 4.69. The molecule has 188 valence electrons. The molecule has 4 rings (SSSR count). The van der Waals surface area contributed by atoms with E-state index in [9.17, 15) is 18.0 Å². The summed E-state index contributed by atoms with van der Waals surface area (Å²) in [5, 5.41) is 10.7. The number of carbonyl (C=O) groups excluding carboxylic acids is 2. The van der Waals surface area contributed by atoms with Gasteiger partial charge in [0, 0.05) is 11.4 Å². The largest absolute Gasteiger partial charge is 0.323 e. The van der Waals surface area contributed by atoms with Gasteiger partial charge in [-0.2, -0.15) is 0 Å². The Morgan fingerprint density at radius 2 is 1.03 bits per heavy atom. The molecule has 0 aliphatic rings. The second-order valence-corrected chi connectivity index (χ2v) is 9.69. The minimum Gasteiger partial charge on any atom is -0.308 e. The lowest BCUT2D eigenvalue weighted by atomic mass is 10.2. The summed E-state index contributed by atoms with van der Waals surface area (Å²) in [6, 6.07) is 29.7. The first-order chi connectivity index (χ1) is 17.9. The van der Waals surface area contributed by atoms with E-state index in [0.717, 1.165) is 0 Å². The third-order valence-electron chi connectivity index (χ3n) is 5.08. The van der Waals surface area contributed by atoms with Gasteiger partial charge in [0.1, 0.15) is 0 Å². The monoisotopic (exact) mass is 515 g/mol. The maximum Gasteiger partial charge on any atom is 0.323 e. The van der Waals surface area contributed by atoms with Crippen molar-refractivity contribution in [3.8, 4) is 0 Å². The number of amides is 4. The normalized spacial score (nSPS) is 10.7. The van der Waals surface area contributed by atoms with Crippen LogP contribution in [0.5, 0.6) is 0 Å². The predicted octanol–water partition coefficient (Wildman–Crippen LogP) is 5.92. The van der Waals surface area contributed by atoms with Gasteiger partial charge < -0.3 is 21.3 Å². The number of rotatable bonds is 8. The highest BCUT2D eigenvalue weighted by molar-refractivity contribution is 7.91. The van der Waals surface area contributed by atoms with Crippen LogP contribution in [0.15, 0.2) is 109 Å². The number of para-hydroxylation sites is 3. The molecule has 0 saturated heterocycles. The molecule has 0 unspecified atom stereocenters.